The van der Waals surface area contributed by atoms with E-state index in [1.54, 1.807) is 41.1 Å². The molecule has 146 valence electrons. The topological polar surface area (TPSA) is 96.3 Å². The van der Waals surface area contributed by atoms with Gasteiger partial charge < -0.3 is 15.7 Å². The Morgan fingerprint density at radius 1 is 1.21 bits per heavy atom. The van der Waals surface area contributed by atoms with Gasteiger partial charge in [-0.1, -0.05) is 35.9 Å². The maximum absolute atomic E-state index is 12.8. The summed E-state index contributed by atoms with van der Waals surface area (Å²) >= 11 is 5.97. The van der Waals surface area contributed by atoms with Gasteiger partial charge in [-0.15, -0.1) is 0 Å². The number of halogens is 1. The van der Waals surface area contributed by atoms with Crippen molar-refractivity contribution in [2.24, 2.45) is 0 Å². The summed E-state index contributed by atoms with van der Waals surface area (Å²) in [6.45, 7) is 1.93. The summed E-state index contributed by atoms with van der Waals surface area (Å²) in [7, 11) is 0. The van der Waals surface area contributed by atoms with Crippen LogP contribution in [0, 0.1) is 6.92 Å². The molecule has 0 unspecified atom stereocenters. The second-order valence-electron chi connectivity index (χ2n) is 6.68. The van der Waals surface area contributed by atoms with E-state index in [-0.39, 0.29) is 17.2 Å². The fraction of sp³-hybridized carbons (Fsp3) is 0.0952. The van der Waals surface area contributed by atoms with E-state index in [1.807, 2.05) is 25.1 Å². The van der Waals surface area contributed by atoms with E-state index in [0.717, 1.165) is 11.1 Å². The van der Waals surface area contributed by atoms with Crippen molar-refractivity contribution in [3.05, 3.63) is 88.2 Å². The molecule has 2 heterocycles. The van der Waals surface area contributed by atoms with E-state index in [2.05, 4.69) is 15.7 Å². The number of carboxylic acids is 1. The van der Waals surface area contributed by atoms with Gasteiger partial charge in [0.1, 0.15) is 17.1 Å². The quantitative estimate of drug-likeness (QED) is 0.604. The number of carbonyl (C=O) groups excluding carboxylic acids is 1. The van der Waals surface area contributed by atoms with Crippen LogP contribution >= 0.6 is 11.6 Å². The van der Waals surface area contributed by atoms with Crippen molar-refractivity contribution in [1.29, 1.82) is 0 Å². The SMILES string of the molecule is Cc1cccc(NC(=O)c2cnn3c2NC(C(=O)O)=C[C@H]3c2ccc(Cl)cc2)c1. The van der Waals surface area contributed by atoms with Crippen molar-refractivity contribution >= 4 is 35.0 Å². The molecule has 1 aliphatic rings. The molecule has 8 heteroatoms. The van der Waals surface area contributed by atoms with Crippen LogP contribution in [0.25, 0.3) is 0 Å². The number of nitrogens with zero attached hydrogens (tertiary/aromatic N) is 2. The number of anilines is 2. The molecule has 3 N–H and O–H groups in total. The number of hydrogen-bond acceptors (Lipinski definition) is 4. The molecule has 3 aromatic rings. The van der Waals surface area contributed by atoms with Crippen LogP contribution in [0.5, 0.6) is 0 Å². The zero-order valence-electron chi connectivity index (χ0n) is 15.4. The van der Waals surface area contributed by atoms with E-state index in [1.165, 1.54) is 6.20 Å². The molecular weight excluding hydrogens is 392 g/mol. The lowest BCUT2D eigenvalue weighted by atomic mass is 10.0. The molecule has 0 spiro atoms. The molecule has 0 fully saturated rings. The van der Waals surface area contributed by atoms with Gasteiger partial charge in [0.2, 0.25) is 0 Å². The van der Waals surface area contributed by atoms with Crippen LogP contribution in [-0.2, 0) is 4.79 Å². The average Bonchev–Trinajstić information content (AvgIpc) is 3.12. The van der Waals surface area contributed by atoms with E-state index in [9.17, 15) is 14.7 Å². The number of carboxylic acid groups (broad SMARTS) is 1. The third kappa shape index (κ3) is 3.72. The Labute approximate surface area is 171 Å². The average molecular weight is 409 g/mol. The van der Waals surface area contributed by atoms with E-state index in [0.29, 0.717) is 16.5 Å². The Kier molecular flexibility index (Phi) is 4.82. The Hall–Kier alpha value is -3.58. The third-order valence-electron chi connectivity index (χ3n) is 4.60. The number of rotatable bonds is 4. The summed E-state index contributed by atoms with van der Waals surface area (Å²) in [5, 5.41) is 20.1. The minimum absolute atomic E-state index is 0.0254. The highest BCUT2D eigenvalue weighted by atomic mass is 35.5. The fourth-order valence-corrected chi connectivity index (χ4v) is 3.33. The molecule has 2 aromatic carbocycles. The zero-order chi connectivity index (χ0) is 20.5. The van der Waals surface area contributed by atoms with Crippen molar-refractivity contribution < 1.29 is 14.7 Å². The normalized spacial score (nSPS) is 15.1. The first-order valence-corrected chi connectivity index (χ1v) is 9.23. The first kappa shape index (κ1) is 18.8. The van der Waals surface area contributed by atoms with Crippen molar-refractivity contribution in [1.82, 2.24) is 9.78 Å². The minimum atomic E-state index is -1.12. The number of fused-ring (bicyclic) bond motifs is 1. The van der Waals surface area contributed by atoms with Crippen LogP contribution in [0.15, 0.2) is 66.5 Å². The lowest BCUT2D eigenvalue weighted by molar-refractivity contribution is -0.132. The molecule has 0 aliphatic carbocycles. The number of amides is 1. The number of aromatic nitrogens is 2. The Bertz CT molecular complexity index is 1140. The maximum atomic E-state index is 12.8. The molecular formula is C21H17ClN4O3. The zero-order valence-corrected chi connectivity index (χ0v) is 16.1. The standard InChI is InChI=1S/C21H17ClN4O3/c1-12-3-2-4-15(9-12)24-20(27)16-11-23-26-18(13-5-7-14(22)8-6-13)10-17(21(28)29)25-19(16)26/h2-11,18,25H,1H3,(H,24,27)(H,28,29)/t18-/m0/s1. The molecule has 0 radical (unpaired) electrons. The maximum Gasteiger partial charge on any atom is 0.352 e. The first-order valence-electron chi connectivity index (χ1n) is 8.85. The lowest BCUT2D eigenvalue weighted by Crippen LogP contribution is -2.25. The van der Waals surface area contributed by atoms with Crippen molar-refractivity contribution in [3.63, 3.8) is 0 Å². The molecule has 1 aliphatic heterocycles. The van der Waals surface area contributed by atoms with Crippen LogP contribution in [0.2, 0.25) is 5.02 Å². The summed E-state index contributed by atoms with van der Waals surface area (Å²) in [5.41, 5.74) is 2.68. The van der Waals surface area contributed by atoms with Crippen LogP contribution in [-0.4, -0.2) is 26.8 Å². The van der Waals surface area contributed by atoms with Crippen LogP contribution in [0.1, 0.15) is 27.5 Å². The summed E-state index contributed by atoms with van der Waals surface area (Å²) < 4.78 is 1.58. The Morgan fingerprint density at radius 2 is 1.97 bits per heavy atom. The van der Waals surface area contributed by atoms with Gasteiger partial charge in [0, 0.05) is 10.7 Å². The molecule has 0 bridgehead atoms. The predicted octanol–water partition coefficient (Wildman–Crippen LogP) is 4.08. The smallest absolute Gasteiger partial charge is 0.352 e. The van der Waals surface area contributed by atoms with Gasteiger partial charge >= 0.3 is 5.97 Å². The van der Waals surface area contributed by atoms with Crippen molar-refractivity contribution in [2.75, 3.05) is 10.6 Å². The van der Waals surface area contributed by atoms with Crippen molar-refractivity contribution in [3.8, 4) is 0 Å². The number of benzene rings is 2. The number of allylic oxidation sites excluding steroid dienone is 1. The first-order chi connectivity index (χ1) is 13.9. The molecule has 0 saturated carbocycles. The fourth-order valence-electron chi connectivity index (χ4n) is 3.20. The summed E-state index contributed by atoms with van der Waals surface area (Å²) in [6, 6.07) is 14.0. The van der Waals surface area contributed by atoms with Gasteiger partial charge in [0.25, 0.3) is 5.91 Å². The van der Waals surface area contributed by atoms with Crippen LogP contribution in [0.4, 0.5) is 11.5 Å². The summed E-state index contributed by atoms with van der Waals surface area (Å²) in [4.78, 5) is 24.5. The molecule has 29 heavy (non-hydrogen) atoms. The van der Waals surface area contributed by atoms with Gasteiger partial charge in [-0.05, 0) is 48.4 Å². The number of carbonyl (C=O) groups is 2. The number of nitrogens with one attached hydrogen (secondary N) is 2. The minimum Gasteiger partial charge on any atom is -0.477 e. The Morgan fingerprint density at radius 3 is 2.66 bits per heavy atom. The monoisotopic (exact) mass is 408 g/mol. The molecule has 1 atom stereocenters. The number of aliphatic carboxylic acids is 1. The molecule has 0 saturated heterocycles. The molecule has 7 nitrogen and oxygen atoms in total. The summed E-state index contributed by atoms with van der Waals surface area (Å²) in [6.07, 6.45) is 2.98. The second-order valence-corrected chi connectivity index (χ2v) is 7.12. The Balaban J connectivity index is 1.72. The van der Waals surface area contributed by atoms with E-state index < -0.39 is 12.0 Å². The van der Waals surface area contributed by atoms with Gasteiger partial charge in [-0.25, -0.2) is 9.48 Å². The number of hydrogen-bond donors (Lipinski definition) is 3. The second kappa shape index (κ2) is 7.44. The van der Waals surface area contributed by atoms with E-state index in [4.69, 9.17) is 11.6 Å². The molecule has 4 rings (SSSR count). The highest BCUT2D eigenvalue weighted by Gasteiger charge is 2.29. The molecule has 1 aromatic heterocycles. The van der Waals surface area contributed by atoms with E-state index >= 15 is 0 Å². The van der Waals surface area contributed by atoms with Gasteiger partial charge in [-0.2, -0.15) is 5.10 Å². The van der Waals surface area contributed by atoms with Gasteiger partial charge in [0.15, 0.2) is 0 Å². The van der Waals surface area contributed by atoms with Crippen molar-refractivity contribution in [2.45, 2.75) is 13.0 Å². The van der Waals surface area contributed by atoms with Crippen LogP contribution in [0.3, 0.4) is 0 Å². The third-order valence-corrected chi connectivity index (χ3v) is 4.85. The molecule has 1 amide bonds. The van der Waals surface area contributed by atoms with Gasteiger partial charge in [-0.3, -0.25) is 4.79 Å². The van der Waals surface area contributed by atoms with Gasteiger partial charge in [0.05, 0.1) is 12.2 Å². The lowest BCUT2D eigenvalue weighted by Gasteiger charge is -2.24. The largest absolute Gasteiger partial charge is 0.477 e. The van der Waals surface area contributed by atoms with Crippen LogP contribution < -0.4 is 10.6 Å². The highest BCUT2D eigenvalue weighted by Crippen LogP contribution is 2.33. The number of aryl methyl sites for hydroxylation is 1. The predicted molar refractivity (Wildman–Crippen MR) is 110 cm³/mol. The summed E-state index contributed by atoms with van der Waals surface area (Å²) in [5.74, 6) is -1.19. The highest BCUT2D eigenvalue weighted by molar-refractivity contribution is 6.30.